The number of para-hydroxylation sites is 4. The van der Waals surface area contributed by atoms with Crippen molar-refractivity contribution in [3.8, 4) is 39.6 Å². The standard InChI is InChI=1S/C77H75BN4O/c1-42(2)50-21-19-22-51(43(3)4)69(50)82-64-26-18-17-25-61(64)79-73(82)54-24-20-23-53-52-30-27-44(35-67(52)83-72(53)54)45-33-65-68-66(34-45)81-63-32-29-47(75(8,9)10)37-56(63)58-39-49(77(14,15)16)41-60(71(58)81)78(68)59-40-48(76(11,12)13)38-57-55-36-46(74(5,6)7)28-31-62(55)80(65)70(57)59/h17-43H,1-16H3. The highest BCUT2D eigenvalue weighted by Crippen LogP contribution is 2.47. The number of benzene rings is 9. The molecule has 9 aromatic carbocycles. The molecule has 0 bridgehead atoms. The Balaban J connectivity index is 1.03. The topological polar surface area (TPSA) is 40.8 Å². The summed E-state index contributed by atoms with van der Waals surface area (Å²) < 4.78 is 15.0. The molecule has 15 rings (SSSR count). The molecule has 83 heavy (non-hydrogen) atoms. The third-order valence-electron chi connectivity index (χ3n) is 19.0. The van der Waals surface area contributed by atoms with Gasteiger partial charge < -0.3 is 13.6 Å². The first-order valence-corrected chi connectivity index (χ1v) is 30.4. The zero-order chi connectivity index (χ0) is 57.9. The van der Waals surface area contributed by atoms with Crippen molar-refractivity contribution in [3.63, 3.8) is 0 Å². The lowest BCUT2D eigenvalue weighted by Crippen LogP contribution is -2.59. The van der Waals surface area contributed by atoms with Crippen molar-refractivity contribution in [1.29, 1.82) is 0 Å². The molecular weight excluding hydrogens is 1010 g/mol. The highest BCUT2D eigenvalue weighted by Gasteiger charge is 2.43. The summed E-state index contributed by atoms with van der Waals surface area (Å²) in [5.41, 5.74) is 27.8. The highest BCUT2D eigenvalue weighted by molar-refractivity contribution is 7.00. The summed E-state index contributed by atoms with van der Waals surface area (Å²) >= 11 is 0. The Morgan fingerprint density at radius 2 is 0.940 bits per heavy atom. The van der Waals surface area contributed by atoms with Gasteiger partial charge in [-0.3, -0.25) is 4.57 Å². The van der Waals surface area contributed by atoms with Crippen LogP contribution in [0.25, 0.3) is 116 Å². The molecule has 2 aliphatic rings. The molecule has 2 aliphatic heterocycles. The van der Waals surface area contributed by atoms with Crippen LogP contribution in [0.5, 0.6) is 0 Å². The minimum absolute atomic E-state index is 0.00829. The Labute approximate surface area is 489 Å². The van der Waals surface area contributed by atoms with Crippen LogP contribution in [0.15, 0.2) is 156 Å². The average Bonchev–Trinajstić information content (AvgIpc) is 1.63. The first-order chi connectivity index (χ1) is 39.3. The lowest BCUT2D eigenvalue weighted by Gasteiger charge is -2.36. The molecule has 6 heterocycles. The maximum Gasteiger partial charge on any atom is 0.252 e. The van der Waals surface area contributed by atoms with Crippen molar-refractivity contribution in [1.82, 2.24) is 18.7 Å². The summed E-state index contributed by atoms with van der Waals surface area (Å²) in [5, 5.41) is 7.45. The van der Waals surface area contributed by atoms with Crippen LogP contribution in [0.4, 0.5) is 0 Å². The molecule has 6 heteroatoms. The van der Waals surface area contributed by atoms with Gasteiger partial charge in [-0.1, -0.05) is 184 Å². The van der Waals surface area contributed by atoms with E-state index in [1.165, 1.54) is 110 Å². The Morgan fingerprint density at radius 3 is 1.47 bits per heavy atom. The van der Waals surface area contributed by atoms with Gasteiger partial charge in [-0.15, -0.1) is 0 Å². The molecule has 0 spiro atoms. The first-order valence-electron chi connectivity index (χ1n) is 30.4. The molecule has 5 nitrogen and oxygen atoms in total. The van der Waals surface area contributed by atoms with Crippen LogP contribution in [-0.2, 0) is 21.7 Å². The third kappa shape index (κ3) is 7.49. The van der Waals surface area contributed by atoms with Gasteiger partial charge in [0.1, 0.15) is 17.0 Å². The molecule has 0 amide bonds. The number of aromatic nitrogens is 4. The summed E-state index contributed by atoms with van der Waals surface area (Å²) in [6.45, 7) is 37.5. The smallest absolute Gasteiger partial charge is 0.252 e. The SMILES string of the molecule is CC(C)c1cccc(C(C)C)c1-n1c(-c2cccc3c2oc2cc(-c4cc5c6c(c4)-n4c7ccc(C(C)(C)C)cc7c7cc(C(C)(C)C)cc(c74)B6c4cc(C(C)(C)C)cc6c7cc(C(C)(C)C)ccc7n-5c46)ccc23)nc2ccccc21. The van der Waals surface area contributed by atoms with Crippen LogP contribution in [-0.4, -0.2) is 25.4 Å². The number of imidazole rings is 1. The first kappa shape index (κ1) is 51.8. The predicted octanol–water partition coefficient (Wildman–Crippen LogP) is 19.0. The van der Waals surface area contributed by atoms with Gasteiger partial charge in [-0.2, -0.15) is 0 Å². The number of furan rings is 1. The van der Waals surface area contributed by atoms with E-state index in [-0.39, 0.29) is 28.4 Å². The summed E-state index contributed by atoms with van der Waals surface area (Å²) in [5.74, 6) is 1.50. The Bertz CT molecular complexity index is 4750. The van der Waals surface area contributed by atoms with E-state index in [4.69, 9.17) is 9.40 Å². The normalized spacial score (nSPS) is 13.7. The van der Waals surface area contributed by atoms with Crippen LogP contribution < -0.4 is 16.4 Å². The number of hydrogen-bond donors (Lipinski definition) is 0. The molecule has 0 N–H and O–H groups in total. The van der Waals surface area contributed by atoms with Crippen molar-refractivity contribution >= 4 is 99.7 Å². The number of rotatable bonds is 5. The van der Waals surface area contributed by atoms with E-state index in [1.807, 2.05) is 0 Å². The van der Waals surface area contributed by atoms with E-state index in [0.717, 1.165) is 55.5 Å². The second-order valence-corrected chi connectivity index (χ2v) is 29.3. The van der Waals surface area contributed by atoms with E-state index in [9.17, 15) is 0 Å². The molecule has 0 radical (unpaired) electrons. The van der Waals surface area contributed by atoms with Crippen molar-refractivity contribution in [2.24, 2.45) is 0 Å². The Kier molecular flexibility index (Phi) is 10.8. The van der Waals surface area contributed by atoms with E-state index in [1.54, 1.807) is 0 Å². The molecule has 13 aromatic rings. The minimum Gasteiger partial charge on any atom is -0.455 e. The Morgan fingerprint density at radius 1 is 0.422 bits per heavy atom. The van der Waals surface area contributed by atoms with Gasteiger partial charge in [0.2, 0.25) is 0 Å². The molecule has 0 fully saturated rings. The van der Waals surface area contributed by atoms with Crippen molar-refractivity contribution in [3.05, 3.63) is 185 Å². The lowest BCUT2D eigenvalue weighted by atomic mass is 9.34. The van der Waals surface area contributed by atoms with Gasteiger partial charge >= 0.3 is 0 Å². The predicted molar refractivity (Wildman–Crippen MR) is 356 cm³/mol. The summed E-state index contributed by atoms with van der Waals surface area (Å²) in [7, 11) is 0. The van der Waals surface area contributed by atoms with E-state index < -0.39 is 0 Å². The number of fused-ring (bicyclic) bond motifs is 14. The fourth-order valence-corrected chi connectivity index (χ4v) is 14.4. The van der Waals surface area contributed by atoms with Gasteiger partial charge in [0.15, 0.2) is 0 Å². The molecule has 4 aromatic heterocycles. The zero-order valence-corrected chi connectivity index (χ0v) is 51.4. The Hall–Kier alpha value is -8.09. The largest absolute Gasteiger partial charge is 0.455 e. The summed E-state index contributed by atoms with van der Waals surface area (Å²) in [4.78, 5) is 5.48. The molecule has 0 atom stereocenters. The fraction of sp³-hybridized carbons (Fsp3) is 0.286. The van der Waals surface area contributed by atoms with Crippen LogP contribution in [0.1, 0.15) is 156 Å². The van der Waals surface area contributed by atoms with Crippen LogP contribution in [0.2, 0.25) is 0 Å². The van der Waals surface area contributed by atoms with Crippen molar-refractivity contribution in [2.45, 2.75) is 144 Å². The van der Waals surface area contributed by atoms with Crippen LogP contribution >= 0.6 is 0 Å². The van der Waals surface area contributed by atoms with Gasteiger partial charge in [0.25, 0.3) is 6.71 Å². The van der Waals surface area contributed by atoms with Gasteiger partial charge in [0, 0.05) is 54.7 Å². The van der Waals surface area contributed by atoms with E-state index in [0.29, 0.717) is 11.8 Å². The molecule has 0 unspecified atom stereocenters. The van der Waals surface area contributed by atoms with Crippen LogP contribution in [0.3, 0.4) is 0 Å². The second kappa shape index (κ2) is 17.3. The molecule has 0 aliphatic carbocycles. The molecule has 0 saturated carbocycles. The highest BCUT2D eigenvalue weighted by atomic mass is 16.3. The molecule has 0 saturated heterocycles. The van der Waals surface area contributed by atoms with Gasteiger partial charge in [-0.05, 0) is 173 Å². The van der Waals surface area contributed by atoms with Crippen LogP contribution in [0, 0.1) is 0 Å². The zero-order valence-electron chi connectivity index (χ0n) is 51.4. The fourth-order valence-electron chi connectivity index (χ4n) is 14.4. The average molecular weight is 1080 g/mol. The molecule has 412 valence electrons. The van der Waals surface area contributed by atoms with E-state index in [2.05, 4.69) is 276 Å². The van der Waals surface area contributed by atoms with E-state index >= 15 is 0 Å². The third-order valence-corrected chi connectivity index (χ3v) is 19.0. The van der Waals surface area contributed by atoms with Crippen molar-refractivity contribution in [2.75, 3.05) is 0 Å². The monoisotopic (exact) mass is 1080 g/mol. The number of nitrogens with zero attached hydrogens (tertiary/aromatic N) is 4. The maximum atomic E-state index is 7.31. The van der Waals surface area contributed by atoms with Crippen molar-refractivity contribution < 1.29 is 4.42 Å². The maximum absolute atomic E-state index is 7.31. The second-order valence-electron chi connectivity index (χ2n) is 29.3. The summed E-state index contributed by atoms with van der Waals surface area (Å²) in [6.07, 6.45) is 0. The number of hydrogen-bond acceptors (Lipinski definition) is 2. The minimum atomic E-state index is -0.0787. The van der Waals surface area contributed by atoms with Gasteiger partial charge in [-0.25, -0.2) is 4.98 Å². The lowest BCUT2D eigenvalue weighted by molar-refractivity contribution is 0.590. The summed E-state index contributed by atoms with van der Waals surface area (Å²) in [6, 6.07) is 58.7. The van der Waals surface area contributed by atoms with Gasteiger partial charge in [0.05, 0.1) is 33.3 Å². The molecular formula is C77H75BN4O. The quantitative estimate of drug-likeness (QED) is 0.161.